The summed E-state index contributed by atoms with van der Waals surface area (Å²) in [6.07, 6.45) is 3.97. The smallest absolute Gasteiger partial charge is 0.414 e. The summed E-state index contributed by atoms with van der Waals surface area (Å²) in [4.78, 5) is 20.9. The fourth-order valence-electron chi connectivity index (χ4n) is 3.10. The molecule has 0 spiro atoms. The van der Waals surface area contributed by atoms with Crippen LogP contribution in [0.3, 0.4) is 0 Å². The fraction of sp³-hybridized carbons (Fsp3) is 0.500. The van der Waals surface area contributed by atoms with E-state index >= 15 is 0 Å². The van der Waals surface area contributed by atoms with E-state index in [1.807, 2.05) is 0 Å². The van der Waals surface area contributed by atoms with Gasteiger partial charge in [0.25, 0.3) is 0 Å². The standard InChI is InChI=1S/C14H20N2.C2H2O4/c1-2-6-13-12(4-1)5-3-7-14(13)16-10-8-15-9-11-16;3-1(4)2(5)6/h1-2,4,6,14-15H,3,5,7-11H2;(H,3,4)(H,5,6). The Morgan fingerprint density at radius 3 is 2.36 bits per heavy atom. The minimum Gasteiger partial charge on any atom is -0.473 e. The van der Waals surface area contributed by atoms with Crippen molar-refractivity contribution in [3.63, 3.8) is 0 Å². The van der Waals surface area contributed by atoms with Gasteiger partial charge in [-0.2, -0.15) is 0 Å². The molecule has 1 aliphatic carbocycles. The molecule has 6 nitrogen and oxygen atoms in total. The quantitative estimate of drug-likeness (QED) is 0.674. The SMILES string of the molecule is O=C(O)C(=O)O.c1ccc2c(c1)CCCC2N1CCNCC1. The molecule has 0 radical (unpaired) electrons. The van der Waals surface area contributed by atoms with Crippen LogP contribution in [0.25, 0.3) is 0 Å². The van der Waals surface area contributed by atoms with Crippen molar-refractivity contribution < 1.29 is 19.8 Å². The first kappa shape index (κ1) is 16.5. The van der Waals surface area contributed by atoms with Crippen molar-refractivity contribution in [2.75, 3.05) is 26.2 Å². The molecule has 1 aromatic carbocycles. The first-order valence-electron chi connectivity index (χ1n) is 7.58. The summed E-state index contributed by atoms with van der Waals surface area (Å²) in [5.74, 6) is -3.65. The van der Waals surface area contributed by atoms with Gasteiger partial charge in [0, 0.05) is 32.2 Å². The van der Waals surface area contributed by atoms with Gasteiger partial charge in [-0.25, -0.2) is 9.59 Å². The minimum atomic E-state index is -1.82. The van der Waals surface area contributed by atoms with Gasteiger partial charge in [0.15, 0.2) is 0 Å². The third kappa shape index (κ3) is 4.29. The van der Waals surface area contributed by atoms with Gasteiger partial charge in [0.2, 0.25) is 0 Å². The van der Waals surface area contributed by atoms with Gasteiger partial charge in [-0.1, -0.05) is 24.3 Å². The van der Waals surface area contributed by atoms with Crippen LogP contribution < -0.4 is 5.32 Å². The topological polar surface area (TPSA) is 89.9 Å². The van der Waals surface area contributed by atoms with E-state index in [1.165, 1.54) is 32.4 Å². The number of rotatable bonds is 1. The maximum Gasteiger partial charge on any atom is 0.414 e. The highest BCUT2D eigenvalue weighted by Gasteiger charge is 2.26. The molecule has 1 aromatic rings. The number of hydrogen-bond donors (Lipinski definition) is 3. The molecule has 0 saturated carbocycles. The van der Waals surface area contributed by atoms with Crippen LogP contribution >= 0.6 is 0 Å². The van der Waals surface area contributed by atoms with Crippen LogP contribution in [0.1, 0.15) is 30.0 Å². The largest absolute Gasteiger partial charge is 0.473 e. The van der Waals surface area contributed by atoms with Gasteiger partial charge in [-0.15, -0.1) is 0 Å². The molecule has 3 N–H and O–H groups in total. The zero-order chi connectivity index (χ0) is 15.9. The third-order valence-corrected chi connectivity index (χ3v) is 4.11. The van der Waals surface area contributed by atoms with Gasteiger partial charge in [-0.05, 0) is 30.4 Å². The number of carbonyl (C=O) groups is 2. The Labute approximate surface area is 129 Å². The lowest BCUT2D eigenvalue weighted by Crippen LogP contribution is -2.45. The van der Waals surface area contributed by atoms with Crippen molar-refractivity contribution in [1.82, 2.24) is 10.2 Å². The van der Waals surface area contributed by atoms with E-state index in [0.29, 0.717) is 6.04 Å². The van der Waals surface area contributed by atoms with E-state index in [-0.39, 0.29) is 0 Å². The summed E-state index contributed by atoms with van der Waals surface area (Å²) >= 11 is 0. The van der Waals surface area contributed by atoms with Crippen LogP contribution in [0.5, 0.6) is 0 Å². The molecule has 22 heavy (non-hydrogen) atoms. The molecule has 6 heteroatoms. The first-order chi connectivity index (χ1) is 10.6. The second-order valence-electron chi connectivity index (χ2n) is 5.50. The van der Waals surface area contributed by atoms with E-state index in [9.17, 15) is 0 Å². The summed E-state index contributed by atoms with van der Waals surface area (Å²) in [6, 6.07) is 9.70. The minimum absolute atomic E-state index is 0.687. The van der Waals surface area contributed by atoms with Crippen molar-refractivity contribution in [1.29, 1.82) is 0 Å². The normalized spacial score (nSPS) is 21.2. The number of hydrogen-bond acceptors (Lipinski definition) is 4. The Morgan fingerprint density at radius 1 is 1.09 bits per heavy atom. The van der Waals surface area contributed by atoms with Gasteiger partial charge in [0.1, 0.15) is 0 Å². The van der Waals surface area contributed by atoms with Gasteiger partial charge in [0.05, 0.1) is 0 Å². The number of aliphatic carboxylic acids is 2. The zero-order valence-electron chi connectivity index (χ0n) is 12.5. The summed E-state index contributed by atoms with van der Waals surface area (Å²) in [7, 11) is 0. The highest BCUT2D eigenvalue weighted by molar-refractivity contribution is 6.27. The molecule has 1 atom stereocenters. The first-order valence-corrected chi connectivity index (χ1v) is 7.58. The Kier molecular flexibility index (Phi) is 5.91. The number of piperazine rings is 1. The van der Waals surface area contributed by atoms with E-state index in [2.05, 4.69) is 34.5 Å². The van der Waals surface area contributed by atoms with Gasteiger partial charge >= 0.3 is 11.9 Å². The third-order valence-electron chi connectivity index (χ3n) is 4.11. The molecule has 0 aromatic heterocycles. The second kappa shape index (κ2) is 7.91. The highest BCUT2D eigenvalue weighted by atomic mass is 16.4. The summed E-state index contributed by atoms with van der Waals surface area (Å²) < 4.78 is 0. The summed E-state index contributed by atoms with van der Waals surface area (Å²) in [6.45, 7) is 4.72. The average Bonchev–Trinajstić information content (AvgIpc) is 2.55. The van der Waals surface area contributed by atoms with Crippen molar-refractivity contribution in [3.05, 3.63) is 35.4 Å². The maximum atomic E-state index is 9.10. The van der Waals surface area contributed by atoms with Crippen LogP contribution in [-0.4, -0.2) is 53.2 Å². The van der Waals surface area contributed by atoms with Gasteiger partial charge < -0.3 is 15.5 Å². The lowest BCUT2D eigenvalue weighted by Gasteiger charge is -2.38. The van der Waals surface area contributed by atoms with Crippen LogP contribution in [0.2, 0.25) is 0 Å². The van der Waals surface area contributed by atoms with E-state index in [1.54, 1.807) is 11.1 Å². The monoisotopic (exact) mass is 306 g/mol. The van der Waals surface area contributed by atoms with Crippen LogP contribution in [-0.2, 0) is 16.0 Å². The molecule has 0 amide bonds. The van der Waals surface area contributed by atoms with Crippen LogP contribution in [0.4, 0.5) is 0 Å². The number of carboxylic acid groups (broad SMARTS) is 2. The number of nitrogens with zero attached hydrogens (tertiary/aromatic N) is 1. The van der Waals surface area contributed by atoms with Crippen molar-refractivity contribution in [3.8, 4) is 0 Å². The molecule has 2 aliphatic rings. The number of nitrogens with one attached hydrogen (secondary N) is 1. The Bertz CT molecular complexity index is 515. The number of benzene rings is 1. The molecule has 1 aliphatic heterocycles. The van der Waals surface area contributed by atoms with Crippen molar-refractivity contribution in [2.45, 2.75) is 25.3 Å². The molecular formula is C16H22N2O4. The van der Waals surface area contributed by atoms with E-state index in [0.717, 1.165) is 13.1 Å². The predicted octanol–water partition coefficient (Wildman–Crippen LogP) is 1.12. The molecule has 1 heterocycles. The molecule has 1 fully saturated rings. The average molecular weight is 306 g/mol. The van der Waals surface area contributed by atoms with Crippen molar-refractivity contribution >= 4 is 11.9 Å². The summed E-state index contributed by atoms with van der Waals surface area (Å²) in [5.41, 5.74) is 3.17. The lowest BCUT2D eigenvalue weighted by atomic mass is 9.86. The molecule has 0 bridgehead atoms. The van der Waals surface area contributed by atoms with Crippen LogP contribution in [0, 0.1) is 0 Å². The van der Waals surface area contributed by atoms with Crippen molar-refractivity contribution in [2.24, 2.45) is 0 Å². The highest BCUT2D eigenvalue weighted by Crippen LogP contribution is 2.33. The zero-order valence-corrected chi connectivity index (χ0v) is 12.5. The van der Waals surface area contributed by atoms with Gasteiger partial charge in [-0.3, -0.25) is 4.90 Å². The number of carboxylic acids is 2. The second-order valence-corrected chi connectivity index (χ2v) is 5.50. The predicted molar refractivity (Wildman–Crippen MR) is 81.8 cm³/mol. The molecule has 1 unspecified atom stereocenters. The maximum absolute atomic E-state index is 9.10. The summed E-state index contributed by atoms with van der Waals surface area (Å²) in [5, 5.41) is 18.2. The van der Waals surface area contributed by atoms with E-state index < -0.39 is 11.9 Å². The lowest BCUT2D eigenvalue weighted by molar-refractivity contribution is -0.159. The molecule has 120 valence electrons. The van der Waals surface area contributed by atoms with Crippen LogP contribution in [0.15, 0.2) is 24.3 Å². The van der Waals surface area contributed by atoms with E-state index in [4.69, 9.17) is 19.8 Å². The number of fused-ring (bicyclic) bond motifs is 1. The Hall–Kier alpha value is -1.92. The Morgan fingerprint density at radius 2 is 1.73 bits per heavy atom. The molecular weight excluding hydrogens is 284 g/mol. The Balaban J connectivity index is 0.000000254. The molecule has 3 rings (SSSR count). The molecule has 1 saturated heterocycles. The fourth-order valence-corrected chi connectivity index (χ4v) is 3.10. The number of aryl methyl sites for hydroxylation is 1.